The summed E-state index contributed by atoms with van der Waals surface area (Å²) >= 11 is 0. The average Bonchev–Trinajstić information content (AvgIpc) is 2.69. The van der Waals surface area contributed by atoms with Crippen molar-refractivity contribution in [1.29, 1.82) is 0 Å². The monoisotopic (exact) mass is 380 g/mol. The standard InChI is InChI=1S/C22H24N2O4/c1-2-12-23-16-8-4-10-18(25)21(16)20(22-17(23)9-5-11-19(22)26)14-6-3-7-15(13-14)24(27)28/h3,6-7,13,20H,2,4-5,8-12H2,1H3. The first-order chi connectivity index (χ1) is 13.5. The Kier molecular flexibility index (Phi) is 4.87. The molecule has 0 aromatic heterocycles. The van der Waals surface area contributed by atoms with E-state index in [1.54, 1.807) is 6.07 Å². The molecule has 0 saturated heterocycles. The van der Waals surface area contributed by atoms with Gasteiger partial charge in [-0.05, 0) is 37.7 Å². The zero-order chi connectivity index (χ0) is 19.8. The minimum Gasteiger partial charge on any atom is -0.348 e. The van der Waals surface area contributed by atoms with Crippen molar-refractivity contribution in [3.63, 3.8) is 0 Å². The van der Waals surface area contributed by atoms with Gasteiger partial charge in [-0.1, -0.05) is 19.1 Å². The Balaban J connectivity index is 1.95. The van der Waals surface area contributed by atoms with Gasteiger partial charge in [0.25, 0.3) is 5.69 Å². The summed E-state index contributed by atoms with van der Waals surface area (Å²) < 4.78 is 0. The van der Waals surface area contributed by atoms with Crippen LogP contribution in [-0.4, -0.2) is 27.9 Å². The van der Waals surface area contributed by atoms with Crippen LogP contribution in [0.5, 0.6) is 0 Å². The van der Waals surface area contributed by atoms with Crippen molar-refractivity contribution >= 4 is 17.3 Å². The summed E-state index contributed by atoms with van der Waals surface area (Å²) in [5.41, 5.74) is 4.11. The average molecular weight is 380 g/mol. The van der Waals surface area contributed by atoms with Gasteiger partial charge in [-0.3, -0.25) is 19.7 Å². The number of carbonyl (C=O) groups is 2. The number of hydrogen-bond donors (Lipinski definition) is 0. The van der Waals surface area contributed by atoms with Crippen molar-refractivity contribution in [3.8, 4) is 0 Å². The molecule has 0 atom stereocenters. The zero-order valence-corrected chi connectivity index (χ0v) is 16.1. The van der Waals surface area contributed by atoms with Crippen LogP contribution in [0.1, 0.15) is 63.4 Å². The molecule has 0 spiro atoms. The fraction of sp³-hybridized carbons (Fsp3) is 0.455. The molecule has 1 aliphatic heterocycles. The number of ketones is 2. The molecule has 6 nitrogen and oxygen atoms in total. The SMILES string of the molecule is CCCN1C2=C(C(=O)CCC2)C(c2cccc([N+](=O)[O-])c2)C2=C1CCCC2=O. The molecular formula is C22H24N2O4. The minimum atomic E-state index is -0.474. The van der Waals surface area contributed by atoms with Gasteiger partial charge < -0.3 is 4.90 Å². The molecule has 0 amide bonds. The molecule has 146 valence electrons. The zero-order valence-electron chi connectivity index (χ0n) is 16.1. The summed E-state index contributed by atoms with van der Waals surface area (Å²) in [4.78, 5) is 39.1. The molecule has 3 aliphatic rings. The fourth-order valence-corrected chi connectivity index (χ4v) is 4.86. The van der Waals surface area contributed by atoms with Crippen LogP contribution in [0.2, 0.25) is 0 Å². The van der Waals surface area contributed by atoms with Gasteiger partial charge in [0.1, 0.15) is 0 Å². The molecule has 0 radical (unpaired) electrons. The van der Waals surface area contributed by atoms with Gasteiger partial charge in [-0.15, -0.1) is 0 Å². The Bertz CT molecular complexity index is 884. The van der Waals surface area contributed by atoms with Gasteiger partial charge in [-0.2, -0.15) is 0 Å². The molecule has 1 aromatic rings. The van der Waals surface area contributed by atoms with Crippen LogP contribution in [0.25, 0.3) is 0 Å². The smallest absolute Gasteiger partial charge is 0.269 e. The third-order valence-electron chi connectivity index (χ3n) is 5.95. The largest absolute Gasteiger partial charge is 0.348 e. The molecule has 0 unspecified atom stereocenters. The van der Waals surface area contributed by atoms with Crippen molar-refractivity contribution < 1.29 is 14.5 Å². The maximum Gasteiger partial charge on any atom is 0.269 e. The van der Waals surface area contributed by atoms with Crippen molar-refractivity contribution in [2.75, 3.05) is 6.54 Å². The molecule has 0 bridgehead atoms. The Morgan fingerprint density at radius 1 is 1.04 bits per heavy atom. The molecule has 0 fully saturated rings. The highest BCUT2D eigenvalue weighted by atomic mass is 16.6. The van der Waals surface area contributed by atoms with Crippen molar-refractivity contribution in [3.05, 3.63) is 62.5 Å². The third-order valence-corrected chi connectivity index (χ3v) is 5.95. The Labute approximate surface area is 164 Å². The number of non-ortho nitro benzene ring substituents is 1. The lowest BCUT2D eigenvalue weighted by atomic mass is 9.71. The van der Waals surface area contributed by atoms with E-state index in [2.05, 4.69) is 11.8 Å². The predicted octanol–water partition coefficient (Wildman–Crippen LogP) is 4.42. The lowest BCUT2D eigenvalue weighted by Gasteiger charge is -2.44. The summed E-state index contributed by atoms with van der Waals surface area (Å²) in [6.45, 7) is 2.89. The summed E-state index contributed by atoms with van der Waals surface area (Å²) in [5, 5.41) is 11.3. The van der Waals surface area contributed by atoms with E-state index in [-0.39, 0.29) is 17.3 Å². The second-order valence-corrected chi connectivity index (χ2v) is 7.71. The number of nitro benzene ring substituents is 1. The number of benzene rings is 1. The second kappa shape index (κ2) is 7.34. The maximum atomic E-state index is 13.0. The number of carbonyl (C=O) groups excluding carboxylic acids is 2. The molecule has 4 rings (SSSR count). The summed E-state index contributed by atoms with van der Waals surface area (Å²) in [6.07, 6.45) is 5.14. The van der Waals surface area contributed by atoms with E-state index in [4.69, 9.17) is 0 Å². The van der Waals surface area contributed by atoms with Gasteiger partial charge in [-0.25, -0.2) is 0 Å². The molecule has 1 heterocycles. The first-order valence-corrected chi connectivity index (χ1v) is 10.1. The van der Waals surface area contributed by atoms with E-state index in [0.717, 1.165) is 50.0 Å². The molecular weight excluding hydrogens is 356 g/mol. The maximum absolute atomic E-state index is 13.0. The van der Waals surface area contributed by atoms with Gasteiger partial charge in [0.05, 0.1) is 4.92 Å². The predicted molar refractivity (Wildman–Crippen MR) is 105 cm³/mol. The normalized spacial score (nSPS) is 20.4. The van der Waals surface area contributed by atoms with E-state index < -0.39 is 10.8 Å². The van der Waals surface area contributed by atoms with Gasteiger partial charge in [0, 0.05) is 60.0 Å². The van der Waals surface area contributed by atoms with Crippen LogP contribution in [0.15, 0.2) is 46.8 Å². The minimum absolute atomic E-state index is 0.00990. The van der Waals surface area contributed by atoms with E-state index in [1.807, 2.05) is 6.07 Å². The van der Waals surface area contributed by atoms with E-state index in [0.29, 0.717) is 29.6 Å². The van der Waals surface area contributed by atoms with Gasteiger partial charge in [0.15, 0.2) is 11.6 Å². The van der Waals surface area contributed by atoms with Crippen LogP contribution in [0.4, 0.5) is 5.69 Å². The van der Waals surface area contributed by atoms with Crippen LogP contribution >= 0.6 is 0 Å². The summed E-state index contributed by atoms with van der Waals surface area (Å²) in [7, 11) is 0. The Hall–Kier alpha value is -2.76. The van der Waals surface area contributed by atoms with Crippen molar-refractivity contribution in [1.82, 2.24) is 4.90 Å². The third kappa shape index (κ3) is 2.97. The number of nitro groups is 1. The summed E-state index contributed by atoms with van der Waals surface area (Å²) in [5.74, 6) is -0.328. The summed E-state index contributed by atoms with van der Waals surface area (Å²) in [6, 6.07) is 6.43. The number of rotatable bonds is 4. The second-order valence-electron chi connectivity index (χ2n) is 7.71. The molecule has 0 N–H and O–H groups in total. The molecule has 28 heavy (non-hydrogen) atoms. The molecule has 6 heteroatoms. The first kappa shape index (κ1) is 18.6. The van der Waals surface area contributed by atoms with Gasteiger partial charge >= 0.3 is 0 Å². The van der Waals surface area contributed by atoms with Crippen LogP contribution in [-0.2, 0) is 9.59 Å². The Morgan fingerprint density at radius 3 is 2.18 bits per heavy atom. The number of allylic oxidation sites excluding steroid dienone is 4. The van der Waals surface area contributed by atoms with E-state index in [9.17, 15) is 19.7 Å². The number of nitrogens with zero attached hydrogens (tertiary/aromatic N) is 2. The van der Waals surface area contributed by atoms with E-state index in [1.165, 1.54) is 12.1 Å². The number of Topliss-reactive ketones (excluding diaryl/α,β-unsaturated/α-hetero) is 2. The first-order valence-electron chi connectivity index (χ1n) is 10.1. The van der Waals surface area contributed by atoms with Crippen LogP contribution < -0.4 is 0 Å². The topological polar surface area (TPSA) is 80.5 Å². The molecule has 1 aromatic carbocycles. The highest BCUT2D eigenvalue weighted by Crippen LogP contribution is 2.49. The molecule has 0 saturated carbocycles. The van der Waals surface area contributed by atoms with Crippen molar-refractivity contribution in [2.24, 2.45) is 0 Å². The highest BCUT2D eigenvalue weighted by molar-refractivity contribution is 6.06. The number of hydrogen-bond acceptors (Lipinski definition) is 5. The fourth-order valence-electron chi connectivity index (χ4n) is 4.86. The quantitative estimate of drug-likeness (QED) is 0.571. The Morgan fingerprint density at radius 2 is 1.64 bits per heavy atom. The molecule has 2 aliphatic carbocycles. The van der Waals surface area contributed by atoms with E-state index >= 15 is 0 Å². The van der Waals surface area contributed by atoms with Gasteiger partial charge in [0.2, 0.25) is 0 Å². The lowest BCUT2D eigenvalue weighted by molar-refractivity contribution is -0.384. The van der Waals surface area contributed by atoms with Crippen molar-refractivity contribution in [2.45, 2.75) is 57.8 Å². The van der Waals surface area contributed by atoms with Crippen LogP contribution in [0.3, 0.4) is 0 Å². The lowest BCUT2D eigenvalue weighted by Crippen LogP contribution is -2.39. The van der Waals surface area contributed by atoms with Crippen LogP contribution in [0, 0.1) is 10.1 Å². The highest BCUT2D eigenvalue weighted by Gasteiger charge is 2.43.